The van der Waals surface area contributed by atoms with E-state index in [1.807, 2.05) is 55.5 Å². The van der Waals surface area contributed by atoms with E-state index in [0.717, 1.165) is 16.8 Å². The number of aromatic nitrogens is 2. The number of carbonyl (C=O) groups excluding carboxylic acids is 1. The summed E-state index contributed by atoms with van der Waals surface area (Å²) < 4.78 is 5.79. The lowest BCUT2D eigenvalue weighted by molar-refractivity contribution is 0.256. The lowest BCUT2D eigenvalue weighted by Crippen LogP contribution is -2.36. The van der Waals surface area contributed by atoms with Crippen LogP contribution in [0.3, 0.4) is 0 Å². The van der Waals surface area contributed by atoms with Gasteiger partial charge in [0, 0.05) is 23.3 Å². The minimum atomic E-state index is -0.291. The number of pyridine rings is 2. The number of halogens is 1. The molecule has 0 spiro atoms. The Labute approximate surface area is 168 Å². The summed E-state index contributed by atoms with van der Waals surface area (Å²) >= 11 is 6.11. The van der Waals surface area contributed by atoms with Crippen LogP contribution < -0.4 is 15.0 Å². The third-order valence-electron chi connectivity index (χ3n) is 4.39. The van der Waals surface area contributed by atoms with Gasteiger partial charge in [-0.15, -0.1) is 0 Å². The Morgan fingerprint density at radius 3 is 2.93 bits per heavy atom. The first-order valence-electron chi connectivity index (χ1n) is 9.01. The van der Waals surface area contributed by atoms with Gasteiger partial charge in [0.05, 0.1) is 12.3 Å². The first-order valence-corrected chi connectivity index (χ1v) is 9.39. The normalized spacial score (nSPS) is 13.3. The second kappa shape index (κ2) is 7.86. The number of carbonyl (C=O) groups is 1. The van der Waals surface area contributed by atoms with Crippen molar-refractivity contribution < 1.29 is 9.53 Å². The quantitative estimate of drug-likeness (QED) is 0.669. The standard InChI is InChI=1S/C21H19ClN4O2/c1-14-8-9-23-19(12-14)25-21(27)26-10-3-11-28-18-7-6-17(24-20(18)26)15-4-2-5-16(22)13-15/h2,4-9,12-13H,3,10-11H2,1H3,(H,23,25,27). The molecule has 3 aromatic rings. The van der Waals surface area contributed by atoms with E-state index >= 15 is 0 Å². The zero-order valence-corrected chi connectivity index (χ0v) is 16.1. The van der Waals surface area contributed by atoms with Crippen LogP contribution in [0.1, 0.15) is 12.0 Å². The number of fused-ring (bicyclic) bond motifs is 1. The molecule has 1 aromatic carbocycles. The molecule has 6 nitrogen and oxygen atoms in total. The number of nitrogens with zero attached hydrogens (tertiary/aromatic N) is 3. The van der Waals surface area contributed by atoms with Crippen molar-refractivity contribution in [1.29, 1.82) is 0 Å². The van der Waals surface area contributed by atoms with Crippen LogP contribution >= 0.6 is 11.6 Å². The van der Waals surface area contributed by atoms with Gasteiger partial charge >= 0.3 is 6.03 Å². The van der Waals surface area contributed by atoms with E-state index < -0.39 is 0 Å². The first kappa shape index (κ1) is 18.3. The highest BCUT2D eigenvalue weighted by Crippen LogP contribution is 2.33. The maximum atomic E-state index is 13.0. The molecule has 0 fully saturated rings. The minimum Gasteiger partial charge on any atom is -0.490 e. The smallest absolute Gasteiger partial charge is 0.328 e. The Morgan fingerprint density at radius 1 is 1.21 bits per heavy atom. The van der Waals surface area contributed by atoms with Crippen LogP contribution in [0, 0.1) is 6.92 Å². The van der Waals surface area contributed by atoms with E-state index in [1.54, 1.807) is 11.1 Å². The van der Waals surface area contributed by atoms with Gasteiger partial charge in [-0.2, -0.15) is 0 Å². The first-order chi connectivity index (χ1) is 13.6. The Hall–Kier alpha value is -3.12. The Balaban J connectivity index is 1.68. The highest BCUT2D eigenvalue weighted by Gasteiger charge is 2.25. The van der Waals surface area contributed by atoms with Gasteiger partial charge < -0.3 is 4.74 Å². The molecule has 1 N–H and O–H groups in total. The molecule has 0 unspecified atom stereocenters. The van der Waals surface area contributed by atoms with E-state index in [4.69, 9.17) is 21.3 Å². The molecule has 3 heterocycles. The molecule has 7 heteroatoms. The molecule has 2 aromatic heterocycles. The molecule has 0 saturated heterocycles. The van der Waals surface area contributed by atoms with E-state index in [1.165, 1.54) is 0 Å². The third kappa shape index (κ3) is 3.92. The van der Waals surface area contributed by atoms with Gasteiger partial charge in [-0.3, -0.25) is 10.2 Å². The van der Waals surface area contributed by atoms with Crippen LogP contribution in [0.5, 0.6) is 5.75 Å². The molecule has 1 aliphatic heterocycles. The molecule has 0 bridgehead atoms. The van der Waals surface area contributed by atoms with Gasteiger partial charge in [-0.05, 0) is 55.3 Å². The number of ether oxygens (including phenoxy) is 1. The predicted molar refractivity (Wildman–Crippen MR) is 110 cm³/mol. The molecule has 0 aliphatic carbocycles. The number of amides is 2. The predicted octanol–water partition coefficient (Wildman–Crippen LogP) is 4.93. The molecular weight excluding hydrogens is 376 g/mol. The largest absolute Gasteiger partial charge is 0.490 e. The lowest BCUT2D eigenvalue weighted by Gasteiger charge is -2.21. The fourth-order valence-electron chi connectivity index (χ4n) is 3.04. The van der Waals surface area contributed by atoms with Crippen LogP contribution in [0.4, 0.5) is 16.4 Å². The van der Waals surface area contributed by atoms with Crippen molar-refractivity contribution in [3.63, 3.8) is 0 Å². The maximum absolute atomic E-state index is 13.0. The van der Waals surface area contributed by atoms with Crippen LogP contribution in [-0.4, -0.2) is 29.2 Å². The summed E-state index contributed by atoms with van der Waals surface area (Å²) in [5.41, 5.74) is 2.62. The molecule has 142 valence electrons. The van der Waals surface area contributed by atoms with Crippen molar-refractivity contribution in [1.82, 2.24) is 9.97 Å². The average Bonchev–Trinajstić information content (AvgIpc) is 2.90. The van der Waals surface area contributed by atoms with Gasteiger partial charge in [-0.1, -0.05) is 23.7 Å². The summed E-state index contributed by atoms with van der Waals surface area (Å²) in [6.07, 6.45) is 2.37. The van der Waals surface area contributed by atoms with Crippen LogP contribution in [0.25, 0.3) is 11.3 Å². The van der Waals surface area contributed by atoms with Gasteiger partial charge in [0.1, 0.15) is 5.82 Å². The number of hydrogen-bond donors (Lipinski definition) is 1. The summed E-state index contributed by atoms with van der Waals surface area (Å²) in [7, 11) is 0. The van der Waals surface area contributed by atoms with E-state index in [0.29, 0.717) is 42.0 Å². The number of anilines is 2. The number of rotatable bonds is 2. The van der Waals surface area contributed by atoms with Crippen molar-refractivity contribution >= 4 is 29.3 Å². The zero-order valence-electron chi connectivity index (χ0n) is 15.4. The molecule has 0 saturated carbocycles. The van der Waals surface area contributed by atoms with Crippen LogP contribution in [-0.2, 0) is 0 Å². The summed E-state index contributed by atoms with van der Waals surface area (Å²) in [5.74, 6) is 1.57. The number of urea groups is 1. The van der Waals surface area contributed by atoms with E-state index in [9.17, 15) is 4.79 Å². The van der Waals surface area contributed by atoms with Gasteiger partial charge in [0.25, 0.3) is 0 Å². The number of hydrogen-bond acceptors (Lipinski definition) is 4. The lowest BCUT2D eigenvalue weighted by atomic mass is 10.1. The van der Waals surface area contributed by atoms with Crippen molar-refractivity contribution in [2.45, 2.75) is 13.3 Å². The Kier molecular flexibility index (Phi) is 5.12. The van der Waals surface area contributed by atoms with E-state index in [2.05, 4.69) is 10.3 Å². The fraction of sp³-hybridized carbons (Fsp3) is 0.190. The highest BCUT2D eigenvalue weighted by molar-refractivity contribution is 6.30. The summed E-state index contributed by atoms with van der Waals surface area (Å²) in [6, 6.07) is 14.6. The maximum Gasteiger partial charge on any atom is 0.328 e. The Bertz CT molecular complexity index is 1020. The molecule has 4 rings (SSSR count). The molecule has 28 heavy (non-hydrogen) atoms. The summed E-state index contributed by atoms with van der Waals surface area (Å²) in [6.45, 7) is 2.97. The molecule has 0 radical (unpaired) electrons. The number of benzene rings is 1. The highest BCUT2D eigenvalue weighted by atomic mass is 35.5. The molecule has 0 atom stereocenters. The second-order valence-electron chi connectivity index (χ2n) is 6.53. The minimum absolute atomic E-state index is 0.291. The van der Waals surface area contributed by atoms with Gasteiger partial charge in [0.15, 0.2) is 11.6 Å². The van der Waals surface area contributed by atoms with Gasteiger partial charge in [0.2, 0.25) is 0 Å². The van der Waals surface area contributed by atoms with Crippen molar-refractivity contribution in [2.75, 3.05) is 23.4 Å². The second-order valence-corrected chi connectivity index (χ2v) is 6.97. The summed E-state index contributed by atoms with van der Waals surface area (Å²) in [5, 5.41) is 3.48. The average molecular weight is 395 g/mol. The molecule has 1 aliphatic rings. The van der Waals surface area contributed by atoms with Crippen molar-refractivity contribution in [2.24, 2.45) is 0 Å². The van der Waals surface area contributed by atoms with E-state index in [-0.39, 0.29) is 6.03 Å². The number of aryl methyl sites for hydroxylation is 1. The number of nitrogens with one attached hydrogen (secondary N) is 1. The monoisotopic (exact) mass is 394 g/mol. The zero-order chi connectivity index (χ0) is 19.5. The van der Waals surface area contributed by atoms with Crippen molar-refractivity contribution in [3.8, 4) is 17.0 Å². The third-order valence-corrected chi connectivity index (χ3v) is 4.63. The Morgan fingerprint density at radius 2 is 2.11 bits per heavy atom. The van der Waals surface area contributed by atoms with Crippen LogP contribution in [0.2, 0.25) is 5.02 Å². The summed E-state index contributed by atoms with van der Waals surface area (Å²) in [4.78, 5) is 23.5. The SMILES string of the molecule is Cc1ccnc(NC(=O)N2CCCOc3ccc(-c4cccc(Cl)c4)nc32)c1. The van der Waals surface area contributed by atoms with Gasteiger partial charge in [-0.25, -0.2) is 14.8 Å². The fourth-order valence-corrected chi connectivity index (χ4v) is 3.23. The van der Waals surface area contributed by atoms with Crippen LogP contribution in [0.15, 0.2) is 54.7 Å². The molecule has 2 amide bonds. The topological polar surface area (TPSA) is 67.4 Å². The van der Waals surface area contributed by atoms with Crippen molar-refractivity contribution in [3.05, 3.63) is 65.3 Å². The molecular formula is C21H19ClN4O2.